The standard InChI is InChI=1S/3C8H6FN.C8H7N/c9-7-1-2-8-6(5-7)3-4-10-8;9-7-2-1-6-3-4-10-8(6)5-7;9-7-2-1-3-8-6(7)4-5-10-8;1-2-4-8-7(3-1)5-6-9-8/h3*1-5,10H;1-6,9H. The lowest BCUT2D eigenvalue weighted by molar-refractivity contribution is 0.629. The Morgan fingerprint density at radius 1 is 0.385 bits per heavy atom. The van der Waals surface area contributed by atoms with E-state index in [4.69, 9.17) is 0 Å². The van der Waals surface area contributed by atoms with Crippen LogP contribution in [0, 0.1) is 17.5 Å². The first-order valence-corrected chi connectivity index (χ1v) is 12.3. The summed E-state index contributed by atoms with van der Waals surface area (Å²) >= 11 is 0. The molecule has 39 heavy (non-hydrogen) atoms. The van der Waals surface area contributed by atoms with Crippen molar-refractivity contribution in [2.24, 2.45) is 0 Å². The Morgan fingerprint density at radius 3 is 1.72 bits per heavy atom. The molecule has 7 heteroatoms. The van der Waals surface area contributed by atoms with Crippen LogP contribution in [0.1, 0.15) is 0 Å². The van der Waals surface area contributed by atoms with Crippen molar-refractivity contribution in [1.29, 1.82) is 0 Å². The molecule has 4 nitrogen and oxygen atoms in total. The van der Waals surface area contributed by atoms with Gasteiger partial charge in [-0.1, -0.05) is 24.3 Å². The van der Waals surface area contributed by atoms with Gasteiger partial charge >= 0.3 is 0 Å². The molecule has 0 amide bonds. The molecular weight excluding hydrogens is 497 g/mol. The lowest BCUT2D eigenvalue weighted by Crippen LogP contribution is -1.72. The highest BCUT2D eigenvalue weighted by Gasteiger charge is 1.97. The Labute approximate surface area is 222 Å². The van der Waals surface area contributed by atoms with E-state index >= 15 is 0 Å². The van der Waals surface area contributed by atoms with Crippen LogP contribution in [0.5, 0.6) is 0 Å². The van der Waals surface area contributed by atoms with Crippen LogP contribution in [0.3, 0.4) is 0 Å². The molecule has 0 atom stereocenters. The van der Waals surface area contributed by atoms with Crippen molar-refractivity contribution >= 4 is 43.6 Å². The molecule has 0 bridgehead atoms. The van der Waals surface area contributed by atoms with Gasteiger partial charge in [0.05, 0.1) is 0 Å². The molecule has 0 saturated heterocycles. The summed E-state index contributed by atoms with van der Waals surface area (Å²) < 4.78 is 37.8. The highest BCUT2D eigenvalue weighted by molar-refractivity contribution is 5.81. The fourth-order valence-corrected chi connectivity index (χ4v) is 4.09. The highest BCUT2D eigenvalue weighted by Crippen LogP contribution is 2.15. The van der Waals surface area contributed by atoms with Crippen molar-refractivity contribution in [2.75, 3.05) is 0 Å². The number of benzene rings is 4. The predicted molar refractivity (Wildman–Crippen MR) is 153 cm³/mol. The number of H-pyrrole nitrogens is 4. The summed E-state index contributed by atoms with van der Waals surface area (Å²) in [6.07, 6.45) is 7.27. The van der Waals surface area contributed by atoms with Crippen LogP contribution in [-0.2, 0) is 0 Å². The molecule has 0 fully saturated rings. The van der Waals surface area contributed by atoms with E-state index in [2.05, 4.69) is 38.1 Å². The molecule has 4 N–H and O–H groups in total. The average molecular weight is 523 g/mol. The highest BCUT2D eigenvalue weighted by atomic mass is 19.1. The fraction of sp³-hybridized carbons (Fsp3) is 0. The van der Waals surface area contributed by atoms with Gasteiger partial charge in [-0.3, -0.25) is 0 Å². The van der Waals surface area contributed by atoms with E-state index in [1.807, 2.05) is 36.5 Å². The Hall–Kier alpha value is -5.17. The smallest absolute Gasteiger partial charge is 0.132 e. The summed E-state index contributed by atoms with van der Waals surface area (Å²) in [5, 5.41) is 3.89. The predicted octanol–water partition coefficient (Wildman–Crippen LogP) is 9.09. The minimum Gasteiger partial charge on any atom is -0.361 e. The minimum atomic E-state index is -0.199. The zero-order chi connectivity index (χ0) is 27.0. The molecule has 194 valence electrons. The number of hydrogen-bond acceptors (Lipinski definition) is 0. The number of aromatic amines is 4. The second-order valence-electron chi connectivity index (χ2n) is 8.66. The van der Waals surface area contributed by atoms with E-state index in [0.29, 0.717) is 5.39 Å². The number of halogens is 3. The van der Waals surface area contributed by atoms with Crippen LogP contribution >= 0.6 is 0 Å². The summed E-state index contributed by atoms with van der Waals surface area (Å²) in [5.74, 6) is -0.555. The number of fused-ring (bicyclic) bond motifs is 4. The van der Waals surface area contributed by atoms with Crippen molar-refractivity contribution in [3.8, 4) is 0 Å². The van der Waals surface area contributed by atoms with Gasteiger partial charge in [-0.15, -0.1) is 0 Å². The molecule has 0 unspecified atom stereocenters. The topological polar surface area (TPSA) is 63.2 Å². The van der Waals surface area contributed by atoms with Gasteiger partial charge in [0.2, 0.25) is 0 Å². The first-order valence-electron chi connectivity index (χ1n) is 12.3. The number of para-hydroxylation sites is 1. The Balaban J connectivity index is 0.000000105. The van der Waals surface area contributed by atoms with Crippen LogP contribution < -0.4 is 0 Å². The summed E-state index contributed by atoms with van der Waals surface area (Å²) in [6.45, 7) is 0. The quantitative estimate of drug-likeness (QED) is 0.154. The number of hydrogen-bond donors (Lipinski definition) is 4. The van der Waals surface area contributed by atoms with Crippen LogP contribution in [0.4, 0.5) is 13.2 Å². The molecule has 0 aliphatic rings. The van der Waals surface area contributed by atoms with E-state index in [9.17, 15) is 13.2 Å². The Bertz CT molecular complexity index is 1820. The van der Waals surface area contributed by atoms with Crippen LogP contribution in [0.2, 0.25) is 0 Å². The monoisotopic (exact) mass is 522 g/mol. The normalized spacial score (nSPS) is 10.4. The molecular formula is C32H25F3N4. The largest absolute Gasteiger partial charge is 0.361 e. The van der Waals surface area contributed by atoms with Crippen LogP contribution in [0.25, 0.3) is 43.6 Å². The van der Waals surface area contributed by atoms with Gasteiger partial charge < -0.3 is 19.9 Å². The Kier molecular flexibility index (Phi) is 7.79. The molecule has 8 aromatic rings. The van der Waals surface area contributed by atoms with Gasteiger partial charge in [-0.05, 0) is 89.6 Å². The van der Waals surface area contributed by atoms with Crippen molar-refractivity contribution in [1.82, 2.24) is 19.9 Å². The minimum absolute atomic E-state index is 0.168. The molecule has 0 aliphatic heterocycles. The SMILES string of the molecule is Fc1ccc2[nH]ccc2c1.Fc1ccc2cc[nH]c2c1.Fc1cccc2[nH]ccc12.c1ccc2[nH]ccc2c1. The molecule has 0 spiro atoms. The molecule has 4 aromatic carbocycles. The molecule has 4 heterocycles. The number of nitrogens with one attached hydrogen (secondary N) is 4. The Morgan fingerprint density at radius 2 is 0.949 bits per heavy atom. The molecule has 4 aromatic heterocycles. The third kappa shape index (κ3) is 6.40. The zero-order valence-electron chi connectivity index (χ0n) is 20.8. The van der Waals surface area contributed by atoms with Gasteiger partial charge in [0.25, 0.3) is 0 Å². The summed E-state index contributed by atoms with van der Waals surface area (Å²) in [5.41, 5.74) is 3.87. The third-order valence-electron chi connectivity index (χ3n) is 6.04. The van der Waals surface area contributed by atoms with E-state index in [1.165, 1.54) is 41.2 Å². The average Bonchev–Trinajstić information content (AvgIpc) is 3.76. The maximum absolute atomic E-state index is 12.8. The fourth-order valence-electron chi connectivity index (χ4n) is 4.09. The summed E-state index contributed by atoms with van der Waals surface area (Å²) in [4.78, 5) is 11.9. The summed E-state index contributed by atoms with van der Waals surface area (Å²) in [6, 6.07) is 30.1. The van der Waals surface area contributed by atoms with Crippen LogP contribution in [-0.4, -0.2) is 19.9 Å². The third-order valence-corrected chi connectivity index (χ3v) is 6.04. The van der Waals surface area contributed by atoms with E-state index < -0.39 is 0 Å². The van der Waals surface area contributed by atoms with Gasteiger partial charge in [0.1, 0.15) is 17.5 Å². The summed E-state index contributed by atoms with van der Waals surface area (Å²) in [7, 11) is 0. The van der Waals surface area contributed by atoms with E-state index in [1.54, 1.807) is 42.9 Å². The van der Waals surface area contributed by atoms with Gasteiger partial charge in [-0.25, -0.2) is 13.2 Å². The molecule has 0 radical (unpaired) electrons. The molecule has 8 rings (SSSR count). The lowest BCUT2D eigenvalue weighted by atomic mass is 10.2. The lowest BCUT2D eigenvalue weighted by Gasteiger charge is -1.88. The van der Waals surface area contributed by atoms with Gasteiger partial charge in [0.15, 0.2) is 0 Å². The molecule has 0 saturated carbocycles. The second-order valence-corrected chi connectivity index (χ2v) is 8.66. The van der Waals surface area contributed by atoms with E-state index in [0.717, 1.165) is 27.3 Å². The maximum Gasteiger partial charge on any atom is 0.132 e. The van der Waals surface area contributed by atoms with Crippen molar-refractivity contribution < 1.29 is 13.2 Å². The first kappa shape index (κ1) is 25.5. The van der Waals surface area contributed by atoms with Crippen molar-refractivity contribution in [3.05, 3.63) is 145 Å². The zero-order valence-corrected chi connectivity index (χ0v) is 20.8. The number of rotatable bonds is 0. The number of aromatic nitrogens is 4. The van der Waals surface area contributed by atoms with Gasteiger partial charge in [0, 0.05) is 57.6 Å². The van der Waals surface area contributed by atoms with Crippen molar-refractivity contribution in [2.45, 2.75) is 0 Å². The molecule has 0 aliphatic carbocycles. The maximum atomic E-state index is 12.8. The van der Waals surface area contributed by atoms with Gasteiger partial charge in [-0.2, -0.15) is 0 Å². The first-order chi connectivity index (χ1) is 19.1. The van der Waals surface area contributed by atoms with E-state index in [-0.39, 0.29) is 17.5 Å². The second kappa shape index (κ2) is 11.9. The van der Waals surface area contributed by atoms with Crippen LogP contribution in [0.15, 0.2) is 128 Å². The van der Waals surface area contributed by atoms with Crippen molar-refractivity contribution in [3.63, 3.8) is 0 Å².